The molecular formula is C17H17N3O5. The van der Waals surface area contributed by atoms with Gasteiger partial charge in [0.2, 0.25) is 5.88 Å². The standard InChI is InChI=1S/C17H17N3O5/c1-17(2)10-19(16(21)12-5-4-8-18-15(12)24-3)13-9-11(20(22)23)6-7-14(13)25-17/h4-9H,10H2,1-3H3. The van der Waals surface area contributed by atoms with Crippen molar-refractivity contribution in [2.24, 2.45) is 0 Å². The molecule has 1 amide bonds. The van der Waals surface area contributed by atoms with E-state index < -0.39 is 10.5 Å². The average Bonchev–Trinajstić information content (AvgIpc) is 2.59. The summed E-state index contributed by atoms with van der Waals surface area (Å²) in [5, 5.41) is 11.1. The summed E-state index contributed by atoms with van der Waals surface area (Å²) in [6.07, 6.45) is 1.53. The van der Waals surface area contributed by atoms with Crippen LogP contribution in [0.15, 0.2) is 36.5 Å². The maximum atomic E-state index is 13.1. The molecule has 0 unspecified atom stereocenters. The minimum absolute atomic E-state index is 0.113. The number of anilines is 1. The summed E-state index contributed by atoms with van der Waals surface area (Å²) in [5.41, 5.74) is -0.128. The lowest BCUT2D eigenvalue weighted by Gasteiger charge is -2.39. The molecule has 0 N–H and O–H groups in total. The van der Waals surface area contributed by atoms with E-state index in [9.17, 15) is 14.9 Å². The molecule has 0 saturated carbocycles. The highest BCUT2D eigenvalue weighted by atomic mass is 16.6. The molecule has 0 radical (unpaired) electrons. The molecule has 8 heteroatoms. The van der Waals surface area contributed by atoms with Gasteiger partial charge in [-0.3, -0.25) is 14.9 Å². The minimum Gasteiger partial charge on any atom is -0.484 e. The highest BCUT2D eigenvalue weighted by Crippen LogP contribution is 2.40. The van der Waals surface area contributed by atoms with Gasteiger partial charge in [-0.2, -0.15) is 0 Å². The number of amides is 1. The normalized spacial score (nSPS) is 15.1. The van der Waals surface area contributed by atoms with Crippen molar-refractivity contribution in [1.29, 1.82) is 0 Å². The molecule has 0 spiro atoms. The number of aromatic nitrogens is 1. The van der Waals surface area contributed by atoms with Gasteiger partial charge in [-0.25, -0.2) is 4.98 Å². The molecule has 0 aliphatic carbocycles. The third-order valence-corrected chi connectivity index (χ3v) is 3.81. The molecule has 0 fully saturated rings. The third-order valence-electron chi connectivity index (χ3n) is 3.81. The first-order valence-electron chi connectivity index (χ1n) is 7.61. The van der Waals surface area contributed by atoms with E-state index in [-0.39, 0.29) is 29.6 Å². The monoisotopic (exact) mass is 343 g/mol. The Morgan fingerprint density at radius 2 is 2.16 bits per heavy atom. The lowest BCUT2D eigenvalue weighted by atomic mass is 10.0. The summed E-state index contributed by atoms with van der Waals surface area (Å²) in [6.45, 7) is 3.92. The summed E-state index contributed by atoms with van der Waals surface area (Å²) in [6, 6.07) is 7.44. The number of nitro benzene ring substituents is 1. The number of hydrogen-bond acceptors (Lipinski definition) is 6. The molecule has 3 rings (SSSR count). The fourth-order valence-corrected chi connectivity index (χ4v) is 2.76. The zero-order valence-electron chi connectivity index (χ0n) is 14.1. The Balaban J connectivity index is 2.11. The molecule has 1 aliphatic rings. The van der Waals surface area contributed by atoms with Crippen molar-refractivity contribution >= 4 is 17.3 Å². The van der Waals surface area contributed by atoms with Crippen molar-refractivity contribution in [3.8, 4) is 11.6 Å². The van der Waals surface area contributed by atoms with Crippen LogP contribution >= 0.6 is 0 Å². The van der Waals surface area contributed by atoms with Crippen molar-refractivity contribution in [3.63, 3.8) is 0 Å². The molecule has 0 atom stereocenters. The van der Waals surface area contributed by atoms with Crippen LogP contribution in [0.2, 0.25) is 0 Å². The molecular weight excluding hydrogens is 326 g/mol. The van der Waals surface area contributed by atoms with Gasteiger partial charge in [0.15, 0.2) is 0 Å². The van der Waals surface area contributed by atoms with Crippen LogP contribution in [0, 0.1) is 10.1 Å². The van der Waals surface area contributed by atoms with Crippen LogP contribution in [0.4, 0.5) is 11.4 Å². The Morgan fingerprint density at radius 1 is 1.40 bits per heavy atom. The van der Waals surface area contributed by atoms with Crippen LogP contribution < -0.4 is 14.4 Å². The number of rotatable bonds is 3. The maximum absolute atomic E-state index is 13.1. The number of ether oxygens (including phenoxy) is 2. The van der Waals surface area contributed by atoms with Crippen LogP contribution in [-0.4, -0.2) is 35.1 Å². The van der Waals surface area contributed by atoms with E-state index in [1.807, 2.05) is 13.8 Å². The summed E-state index contributed by atoms with van der Waals surface area (Å²) in [7, 11) is 1.43. The smallest absolute Gasteiger partial charge is 0.271 e. The molecule has 0 bridgehead atoms. The molecule has 2 aromatic rings. The van der Waals surface area contributed by atoms with Crippen LogP contribution in [0.5, 0.6) is 11.6 Å². The zero-order valence-corrected chi connectivity index (χ0v) is 14.1. The van der Waals surface area contributed by atoms with E-state index in [0.29, 0.717) is 11.4 Å². The van der Waals surface area contributed by atoms with Crippen LogP contribution in [-0.2, 0) is 0 Å². The van der Waals surface area contributed by atoms with Crippen molar-refractivity contribution < 1.29 is 19.2 Å². The second-order valence-electron chi connectivity index (χ2n) is 6.22. The quantitative estimate of drug-likeness (QED) is 0.628. The Kier molecular flexibility index (Phi) is 4.03. The van der Waals surface area contributed by atoms with E-state index >= 15 is 0 Å². The fraction of sp³-hybridized carbons (Fsp3) is 0.294. The fourth-order valence-electron chi connectivity index (χ4n) is 2.76. The lowest BCUT2D eigenvalue weighted by Crippen LogP contribution is -2.49. The van der Waals surface area contributed by atoms with Gasteiger partial charge >= 0.3 is 0 Å². The molecule has 8 nitrogen and oxygen atoms in total. The number of non-ortho nitro benzene ring substituents is 1. The number of fused-ring (bicyclic) bond motifs is 1. The SMILES string of the molecule is COc1ncccc1C(=O)N1CC(C)(C)Oc2ccc([N+](=O)[O-])cc21. The largest absolute Gasteiger partial charge is 0.484 e. The molecule has 1 aliphatic heterocycles. The van der Waals surface area contributed by atoms with E-state index in [1.54, 1.807) is 12.1 Å². The second-order valence-corrected chi connectivity index (χ2v) is 6.22. The van der Waals surface area contributed by atoms with Gasteiger partial charge in [0.05, 0.1) is 24.3 Å². The number of hydrogen-bond donors (Lipinski definition) is 0. The van der Waals surface area contributed by atoms with Crippen LogP contribution in [0.3, 0.4) is 0 Å². The van der Waals surface area contributed by atoms with Crippen LogP contribution in [0.1, 0.15) is 24.2 Å². The maximum Gasteiger partial charge on any atom is 0.271 e. The van der Waals surface area contributed by atoms with Crippen LogP contribution in [0.25, 0.3) is 0 Å². The summed E-state index contributed by atoms with van der Waals surface area (Å²) >= 11 is 0. The molecule has 1 aromatic heterocycles. The number of pyridine rings is 1. The van der Waals surface area contributed by atoms with Crippen molar-refractivity contribution in [3.05, 3.63) is 52.2 Å². The van der Waals surface area contributed by atoms with Gasteiger partial charge in [0.1, 0.15) is 16.9 Å². The van der Waals surface area contributed by atoms with Crippen molar-refractivity contribution in [1.82, 2.24) is 4.98 Å². The first-order valence-corrected chi connectivity index (χ1v) is 7.61. The van der Waals surface area contributed by atoms with E-state index in [1.165, 1.54) is 36.4 Å². The predicted octanol–water partition coefficient (Wildman–Crippen LogP) is 2.82. The van der Waals surface area contributed by atoms with Crippen molar-refractivity contribution in [2.75, 3.05) is 18.6 Å². The van der Waals surface area contributed by atoms with Crippen molar-refractivity contribution in [2.45, 2.75) is 19.4 Å². The highest BCUT2D eigenvalue weighted by molar-refractivity contribution is 6.08. The Labute approximate surface area is 144 Å². The number of carbonyl (C=O) groups is 1. The topological polar surface area (TPSA) is 94.8 Å². The first kappa shape index (κ1) is 16.7. The summed E-state index contributed by atoms with van der Waals surface area (Å²) in [4.78, 5) is 29.2. The summed E-state index contributed by atoms with van der Waals surface area (Å²) < 4.78 is 11.0. The zero-order chi connectivity index (χ0) is 18.2. The molecule has 25 heavy (non-hydrogen) atoms. The van der Waals surface area contributed by atoms with Gasteiger partial charge in [-0.15, -0.1) is 0 Å². The average molecular weight is 343 g/mol. The van der Waals surface area contributed by atoms with Gasteiger partial charge in [0, 0.05) is 18.3 Å². The van der Waals surface area contributed by atoms with Gasteiger partial charge < -0.3 is 14.4 Å². The van der Waals surface area contributed by atoms with Gasteiger partial charge in [-0.05, 0) is 32.0 Å². The molecule has 2 heterocycles. The third kappa shape index (κ3) is 3.10. The Hall–Kier alpha value is -3.16. The molecule has 1 aromatic carbocycles. The Bertz CT molecular complexity index is 850. The molecule has 0 saturated heterocycles. The number of carbonyl (C=O) groups excluding carboxylic acids is 1. The Morgan fingerprint density at radius 3 is 2.84 bits per heavy atom. The first-order chi connectivity index (χ1) is 11.8. The van der Waals surface area contributed by atoms with Gasteiger partial charge in [0.25, 0.3) is 11.6 Å². The predicted molar refractivity (Wildman–Crippen MR) is 90.3 cm³/mol. The second kappa shape index (κ2) is 6.04. The number of nitro groups is 1. The lowest BCUT2D eigenvalue weighted by molar-refractivity contribution is -0.384. The van der Waals surface area contributed by atoms with Gasteiger partial charge in [-0.1, -0.05) is 0 Å². The van der Waals surface area contributed by atoms with E-state index in [4.69, 9.17) is 9.47 Å². The molecule has 130 valence electrons. The van der Waals surface area contributed by atoms with E-state index in [2.05, 4.69) is 4.98 Å². The van der Waals surface area contributed by atoms with E-state index in [0.717, 1.165) is 0 Å². The summed E-state index contributed by atoms with van der Waals surface area (Å²) in [5.74, 6) is 0.255. The minimum atomic E-state index is -0.645. The highest BCUT2D eigenvalue weighted by Gasteiger charge is 2.37. The number of nitrogens with zero attached hydrogens (tertiary/aromatic N) is 3. The number of methoxy groups -OCH3 is 1. The number of benzene rings is 1.